The Morgan fingerprint density at radius 2 is 2.21 bits per heavy atom. The Balaban J connectivity index is 2.78. The first-order chi connectivity index (χ1) is 6.45. The summed E-state index contributed by atoms with van der Waals surface area (Å²) < 4.78 is 36.2. The van der Waals surface area contributed by atoms with Gasteiger partial charge >= 0.3 is 6.18 Å². The summed E-state index contributed by atoms with van der Waals surface area (Å²) in [5, 5.41) is 14.4. The van der Waals surface area contributed by atoms with Crippen LogP contribution in [0.25, 0.3) is 0 Å². The van der Waals surface area contributed by atoms with E-state index in [9.17, 15) is 18.3 Å². The summed E-state index contributed by atoms with van der Waals surface area (Å²) in [6.45, 7) is 0.196. The number of aromatic amines is 1. The average Bonchev–Trinajstić information content (AvgIpc) is 2.51. The van der Waals surface area contributed by atoms with E-state index in [1.54, 1.807) is 0 Å². The molecule has 1 heterocycles. The summed E-state index contributed by atoms with van der Waals surface area (Å²) in [5.41, 5.74) is 4.13. The van der Waals surface area contributed by atoms with Crippen LogP contribution in [0.1, 0.15) is 23.9 Å². The molecule has 0 aliphatic heterocycles. The lowest BCUT2D eigenvalue weighted by atomic mass is 10.2. The highest BCUT2D eigenvalue weighted by atomic mass is 19.4. The summed E-state index contributed by atoms with van der Waals surface area (Å²) >= 11 is 0. The largest absolute Gasteiger partial charge is 0.435 e. The van der Waals surface area contributed by atoms with E-state index in [1.807, 2.05) is 0 Å². The van der Waals surface area contributed by atoms with Gasteiger partial charge < -0.3 is 10.8 Å². The molecule has 1 aromatic heterocycles. The van der Waals surface area contributed by atoms with E-state index >= 15 is 0 Å². The third-order valence-electron chi connectivity index (χ3n) is 1.69. The maximum absolute atomic E-state index is 12.1. The molecule has 7 heteroatoms. The van der Waals surface area contributed by atoms with Crippen molar-refractivity contribution in [1.82, 2.24) is 10.2 Å². The zero-order valence-electron chi connectivity index (χ0n) is 7.17. The second-order valence-corrected chi connectivity index (χ2v) is 2.80. The Labute approximate surface area is 77.9 Å². The van der Waals surface area contributed by atoms with Gasteiger partial charge in [-0.3, -0.25) is 5.10 Å². The number of hydrogen-bond acceptors (Lipinski definition) is 3. The first kappa shape index (κ1) is 11.0. The van der Waals surface area contributed by atoms with Crippen molar-refractivity contribution in [2.45, 2.75) is 18.7 Å². The van der Waals surface area contributed by atoms with Crippen molar-refractivity contribution in [3.05, 3.63) is 17.5 Å². The van der Waals surface area contributed by atoms with E-state index in [0.29, 0.717) is 0 Å². The van der Waals surface area contributed by atoms with Crippen molar-refractivity contribution in [3.8, 4) is 0 Å². The van der Waals surface area contributed by atoms with Crippen LogP contribution in [0, 0.1) is 0 Å². The van der Waals surface area contributed by atoms with E-state index in [1.165, 1.54) is 0 Å². The summed E-state index contributed by atoms with van der Waals surface area (Å²) in [7, 11) is 0. The zero-order chi connectivity index (χ0) is 10.8. The van der Waals surface area contributed by atoms with Crippen LogP contribution in [0.5, 0.6) is 0 Å². The van der Waals surface area contributed by atoms with E-state index in [0.717, 1.165) is 6.07 Å². The quantitative estimate of drug-likeness (QED) is 0.689. The van der Waals surface area contributed by atoms with Crippen LogP contribution >= 0.6 is 0 Å². The molecule has 0 amide bonds. The molecular weight excluding hydrogens is 199 g/mol. The Hall–Kier alpha value is -1.08. The van der Waals surface area contributed by atoms with Crippen LogP contribution in [-0.2, 0) is 6.18 Å². The van der Waals surface area contributed by atoms with Crippen LogP contribution in [0.4, 0.5) is 13.2 Å². The molecule has 80 valence electrons. The molecule has 1 aromatic rings. The average molecular weight is 209 g/mol. The number of aliphatic hydroxyl groups excluding tert-OH is 1. The van der Waals surface area contributed by atoms with Crippen molar-refractivity contribution in [1.29, 1.82) is 0 Å². The molecule has 0 aliphatic carbocycles. The highest BCUT2D eigenvalue weighted by Gasteiger charge is 2.34. The molecule has 0 saturated carbocycles. The Bertz CT molecular complexity index is 297. The van der Waals surface area contributed by atoms with E-state index in [4.69, 9.17) is 5.73 Å². The number of aromatic nitrogens is 2. The monoisotopic (exact) mass is 209 g/mol. The first-order valence-electron chi connectivity index (χ1n) is 3.95. The number of nitrogens with zero attached hydrogens (tertiary/aromatic N) is 1. The van der Waals surface area contributed by atoms with Gasteiger partial charge in [0, 0.05) is 0 Å². The molecule has 0 radical (unpaired) electrons. The van der Waals surface area contributed by atoms with Gasteiger partial charge in [0.25, 0.3) is 0 Å². The van der Waals surface area contributed by atoms with Crippen molar-refractivity contribution in [2.75, 3.05) is 6.54 Å². The standard InChI is InChI=1S/C7H10F3N3O/c8-7(9,10)6-3-4(12-13-6)5(14)1-2-11/h3,5,14H,1-2,11H2,(H,12,13). The van der Waals surface area contributed by atoms with Crippen LogP contribution < -0.4 is 5.73 Å². The molecule has 0 saturated heterocycles. The molecule has 0 aromatic carbocycles. The zero-order valence-corrected chi connectivity index (χ0v) is 7.17. The minimum absolute atomic E-state index is 0.0303. The van der Waals surface area contributed by atoms with Crippen molar-refractivity contribution >= 4 is 0 Å². The number of hydrogen-bond donors (Lipinski definition) is 3. The van der Waals surface area contributed by atoms with Gasteiger partial charge in [-0.1, -0.05) is 0 Å². The molecule has 4 N–H and O–H groups in total. The normalized spacial score (nSPS) is 14.4. The fourth-order valence-corrected chi connectivity index (χ4v) is 0.966. The summed E-state index contributed by atoms with van der Waals surface area (Å²) in [4.78, 5) is 0. The highest BCUT2D eigenvalue weighted by Crippen LogP contribution is 2.29. The number of rotatable bonds is 3. The Kier molecular flexibility index (Phi) is 3.12. The third-order valence-corrected chi connectivity index (χ3v) is 1.69. The Morgan fingerprint density at radius 1 is 1.57 bits per heavy atom. The molecule has 14 heavy (non-hydrogen) atoms. The summed E-state index contributed by atoms with van der Waals surface area (Å²) in [5.74, 6) is 0. The molecular formula is C7H10F3N3O. The van der Waals surface area contributed by atoms with Gasteiger partial charge in [0.2, 0.25) is 0 Å². The van der Waals surface area contributed by atoms with Crippen LogP contribution in [-0.4, -0.2) is 21.8 Å². The molecule has 1 atom stereocenters. The molecule has 4 nitrogen and oxygen atoms in total. The lowest BCUT2D eigenvalue weighted by Crippen LogP contribution is -2.07. The minimum Gasteiger partial charge on any atom is -0.387 e. The summed E-state index contributed by atoms with van der Waals surface area (Å²) in [6.07, 6.45) is -5.32. The van der Waals surface area contributed by atoms with Gasteiger partial charge in [-0.25, -0.2) is 0 Å². The first-order valence-corrected chi connectivity index (χ1v) is 3.95. The predicted molar refractivity (Wildman–Crippen MR) is 42.2 cm³/mol. The number of aliphatic hydroxyl groups is 1. The molecule has 1 unspecified atom stereocenters. The number of alkyl halides is 3. The SMILES string of the molecule is NCCC(O)c1cc(C(F)(F)F)n[nH]1. The predicted octanol–water partition coefficient (Wildman–Crippen LogP) is 0.811. The van der Waals surface area contributed by atoms with Crippen molar-refractivity contribution < 1.29 is 18.3 Å². The molecule has 0 fully saturated rings. The van der Waals surface area contributed by atoms with Crippen LogP contribution in [0.15, 0.2) is 6.07 Å². The molecule has 1 rings (SSSR count). The fourth-order valence-electron chi connectivity index (χ4n) is 0.966. The number of H-pyrrole nitrogens is 1. The van der Waals surface area contributed by atoms with Crippen LogP contribution in [0.2, 0.25) is 0 Å². The van der Waals surface area contributed by atoms with Gasteiger partial charge in [-0.15, -0.1) is 0 Å². The highest BCUT2D eigenvalue weighted by molar-refractivity contribution is 5.13. The number of halogens is 3. The van der Waals surface area contributed by atoms with Crippen molar-refractivity contribution in [3.63, 3.8) is 0 Å². The topological polar surface area (TPSA) is 74.9 Å². The van der Waals surface area contributed by atoms with Gasteiger partial charge in [-0.2, -0.15) is 18.3 Å². The number of nitrogens with one attached hydrogen (secondary N) is 1. The lowest BCUT2D eigenvalue weighted by molar-refractivity contribution is -0.141. The van der Waals surface area contributed by atoms with Gasteiger partial charge in [0.15, 0.2) is 5.69 Å². The van der Waals surface area contributed by atoms with Gasteiger partial charge in [0.1, 0.15) is 0 Å². The van der Waals surface area contributed by atoms with Crippen molar-refractivity contribution in [2.24, 2.45) is 5.73 Å². The van der Waals surface area contributed by atoms with E-state index in [-0.39, 0.29) is 18.7 Å². The summed E-state index contributed by atoms with van der Waals surface area (Å²) in [6, 6.07) is 0.778. The lowest BCUT2D eigenvalue weighted by Gasteiger charge is -2.04. The van der Waals surface area contributed by atoms with Gasteiger partial charge in [-0.05, 0) is 19.0 Å². The van der Waals surface area contributed by atoms with Gasteiger partial charge in [0.05, 0.1) is 11.8 Å². The molecule has 0 bridgehead atoms. The minimum atomic E-state index is -4.49. The fraction of sp³-hybridized carbons (Fsp3) is 0.571. The maximum atomic E-state index is 12.1. The van der Waals surface area contributed by atoms with E-state index < -0.39 is 18.0 Å². The smallest absolute Gasteiger partial charge is 0.387 e. The Morgan fingerprint density at radius 3 is 2.64 bits per heavy atom. The maximum Gasteiger partial charge on any atom is 0.435 e. The second kappa shape index (κ2) is 3.97. The second-order valence-electron chi connectivity index (χ2n) is 2.80. The van der Waals surface area contributed by atoms with Crippen LogP contribution in [0.3, 0.4) is 0 Å². The van der Waals surface area contributed by atoms with E-state index in [2.05, 4.69) is 10.2 Å². The number of nitrogens with two attached hydrogens (primary N) is 1. The molecule has 0 aliphatic rings. The third kappa shape index (κ3) is 2.46. The molecule has 0 spiro atoms.